The van der Waals surface area contributed by atoms with Crippen LogP contribution in [0.25, 0.3) is 22.3 Å². The number of hydrogen-bond acceptors (Lipinski definition) is 5. The van der Waals surface area contributed by atoms with Crippen molar-refractivity contribution in [3.63, 3.8) is 0 Å². The lowest BCUT2D eigenvalue weighted by Crippen LogP contribution is -2.03. The number of carbonyl (C=O) groups excluding carboxylic acids is 1. The predicted molar refractivity (Wildman–Crippen MR) is 106 cm³/mol. The van der Waals surface area contributed by atoms with Crippen molar-refractivity contribution < 1.29 is 9.53 Å². The van der Waals surface area contributed by atoms with E-state index in [9.17, 15) is 4.79 Å². The smallest absolute Gasteiger partial charge is 0.191 e. The number of thioether (sulfide) groups is 1. The fourth-order valence-electron chi connectivity index (χ4n) is 3.01. The van der Waals surface area contributed by atoms with E-state index in [2.05, 4.69) is 15.2 Å². The van der Waals surface area contributed by atoms with Gasteiger partial charge in [-0.25, -0.2) is 0 Å². The van der Waals surface area contributed by atoms with E-state index in [0.717, 1.165) is 22.2 Å². The highest BCUT2D eigenvalue weighted by Gasteiger charge is 2.17. The molecule has 0 aliphatic heterocycles. The molecule has 0 saturated heterocycles. The third-order valence-corrected chi connectivity index (χ3v) is 5.43. The first-order chi connectivity index (χ1) is 13.2. The van der Waals surface area contributed by atoms with Crippen molar-refractivity contribution in [2.45, 2.75) is 5.16 Å². The van der Waals surface area contributed by atoms with Gasteiger partial charge in [-0.2, -0.15) is 0 Å². The molecule has 0 amide bonds. The third-order valence-electron chi connectivity index (χ3n) is 4.40. The van der Waals surface area contributed by atoms with Crippen LogP contribution < -0.4 is 4.74 Å². The second-order valence-electron chi connectivity index (χ2n) is 6.03. The number of ketones is 1. The zero-order chi connectivity index (χ0) is 18.8. The lowest BCUT2D eigenvalue weighted by molar-refractivity contribution is 0.102. The summed E-state index contributed by atoms with van der Waals surface area (Å²) in [4.78, 5) is 15.8. The molecule has 4 rings (SSSR count). The minimum atomic E-state index is 0.0549. The van der Waals surface area contributed by atoms with Gasteiger partial charge in [0.2, 0.25) is 0 Å². The molecule has 4 aromatic rings. The molecule has 0 atom stereocenters. The van der Waals surface area contributed by atoms with Gasteiger partial charge in [0.1, 0.15) is 5.75 Å². The van der Waals surface area contributed by atoms with Gasteiger partial charge in [0.15, 0.2) is 16.8 Å². The van der Waals surface area contributed by atoms with Crippen molar-refractivity contribution in [2.75, 3.05) is 12.9 Å². The summed E-state index contributed by atoms with van der Waals surface area (Å²) in [5.41, 5.74) is 2.53. The molecule has 1 N–H and O–H groups in total. The number of ether oxygens (including phenoxy) is 1. The first-order valence-electron chi connectivity index (χ1n) is 8.44. The summed E-state index contributed by atoms with van der Waals surface area (Å²) in [6, 6.07) is 15.5. The van der Waals surface area contributed by atoms with E-state index in [1.165, 1.54) is 11.8 Å². The Hall–Kier alpha value is -3.06. The standard InChI is InChI=1S/C20H18N4O2S/c1-24-19(14-8-4-6-10-18(14)26-2)22-23-20(24)27-12-17(25)15-11-21-16-9-5-3-7-13(15)16/h3-11,21H,12H2,1-2H3. The normalized spacial score (nSPS) is 11.0. The van der Waals surface area contributed by atoms with Crippen LogP contribution >= 0.6 is 11.8 Å². The number of fused-ring (bicyclic) bond motifs is 1. The molecule has 0 aliphatic rings. The molecule has 6 nitrogen and oxygen atoms in total. The molecular weight excluding hydrogens is 360 g/mol. The second-order valence-corrected chi connectivity index (χ2v) is 6.97. The molecule has 2 heterocycles. The van der Waals surface area contributed by atoms with Gasteiger partial charge >= 0.3 is 0 Å². The number of aromatic nitrogens is 4. The number of para-hydroxylation sites is 2. The van der Waals surface area contributed by atoms with Gasteiger partial charge < -0.3 is 14.3 Å². The summed E-state index contributed by atoms with van der Waals surface area (Å²) in [6.45, 7) is 0. The Labute approximate surface area is 160 Å². The molecule has 0 unspecified atom stereocenters. The molecule has 0 bridgehead atoms. The fraction of sp³-hybridized carbons (Fsp3) is 0.150. The minimum absolute atomic E-state index is 0.0549. The summed E-state index contributed by atoms with van der Waals surface area (Å²) in [6.07, 6.45) is 1.77. The topological polar surface area (TPSA) is 72.8 Å². The highest BCUT2D eigenvalue weighted by atomic mass is 32.2. The van der Waals surface area contributed by atoms with Gasteiger partial charge in [-0.3, -0.25) is 4.79 Å². The van der Waals surface area contributed by atoms with E-state index in [-0.39, 0.29) is 5.78 Å². The number of nitrogens with zero attached hydrogens (tertiary/aromatic N) is 3. The first kappa shape index (κ1) is 17.4. The number of hydrogen-bond donors (Lipinski definition) is 1. The lowest BCUT2D eigenvalue weighted by atomic mass is 10.1. The minimum Gasteiger partial charge on any atom is -0.496 e. The molecule has 0 aliphatic carbocycles. The van der Waals surface area contributed by atoms with Crippen molar-refractivity contribution in [2.24, 2.45) is 7.05 Å². The Morgan fingerprint density at radius 3 is 2.78 bits per heavy atom. The number of H-pyrrole nitrogens is 1. The lowest BCUT2D eigenvalue weighted by Gasteiger charge is -2.08. The number of benzene rings is 2. The number of carbonyl (C=O) groups is 1. The average molecular weight is 378 g/mol. The largest absolute Gasteiger partial charge is 0.496 e. The van der Waals surface area contributed by atoms with Crippen molar-refractivity contribution in [1.82, 2.24) is 19.7 Å². The number of rotatable bonds is 6. The summed E-state index contributed by atoms with van der Waals surface area (Å²) >= 11 is 1.38. The van der Waals surface area contributed by atoms with E-state index < -0.39 is 0 Å². The van der Waals surface area contributed by atoms with Crippen LogP contribution in [0.3, 0.4) is 0 Å². The average Bonchev–Trinajstić information content (AvgIpc) is 3.30. The summed E-state index contributed by atoms with van der Waals surface area (Å²) in [5.74, 6) is 1.79. The van der Waals surface area contributed by atoms with Gasteiger partial charge in [-0.15, -0.1) is 10.2 Å². The maximum atomic E-state index is 12.7. The van der Waals surface area contributed by atoms with Crippen LogP contribution in [0.5, 0.6) is 5.75 Å². The van der Waals surface area contributed by atoms with Gasteiger partial charge in [-0.1, -0.05) is 42.1 Å². The summed E-state index contributed by atoms with van der Waals surface area (Å²) in [7, 11) is 3.52. The molecule has 0 spiro atoms. The highest BCUT2D eigenvalue weighted by molar-refractivity contribution is 7.99. The Bertz CT molecular complexity index is 1120. The molecule has 0 radical (unpaired) electrons. The van der Waals surface area contributed by atoms with E-state index in [4.69, 9.17) is 4.74 Å². The second kappa shape index (κ2) is 7.28. The van der Waals surface area contributed by atoms with Gasteiger partial charge in [0, 0.05) is 29.7 Å². The monoisotopic (exact) mass is 378 g/mol. The van der Waals surface area contributed by atoms with Crippen LogP contribution in [0.15, 0.2) is 59.9 Å². The Kier molecular flexibility index (Phi) is 4.68. The maximum Gasteiger partial charge on any atom is 0.191 e. The Morgan fingerprint density at radius 2 is 1.93 bits per heavy atom. The van der Waals surface area contributed by atoms with Crippen molar-refractivity contribution in [3.8, 4) is 17.1 Å². The molecule has 27 heavy (non-hydrogen) atoms. The van der Waals surface area contributed by atoms with Crippen molar-refractivity contribution in [3.05, 3.63) is 60.3 Å². The van der Waals surface area contributed by atoms with Crippen LogP contribution in [0.4, 0.5) is 0 Å². The number of methoxy groups -OCH3 is 1. The number of Topliss-reactive ketones (excluding diaryl/α,β-unsaturated/α-hetero) is 1. The third kappa shape index (κ3) is 3.21. The SMILES string of the molecule is COc1ccccc1-c1nnc(SCC(=O)c2c[nH]c3ccccc23)n1C. The van der Waals surface area contributed by atoms with Crippen LogP contribution in [-0.2, 0) is 7.05 Å². The van der Waals surface area contributed by atoms with Gasteiger partial charge in [0.25, 0.3) is 0 Å². The van der Waals surface area contributed by atoms with E-state index >= 15 is 0 Å². The summed E-state index contributed by atoms with van der Waals surface area (Å²) in [5, 5.41) is 10.1. The van der Waals surface area contributed by atoms with Crippen LogP contribution in [0.1, 0.15) is 10.4 Å². The Balaban J connectivity index is 1.54. The molecule has 2 aromatic heterocycles. The Morgan fingerprint density at radius 1 is 1.15 bits per heavy atom. The fourth-order valence-corrected chi connectivity index (χ4v) is 3.81. The van der Waals surface area contributed by atoms with E-state index in [1.807, 2.05) is 60.1 Å². The van der Waals surface area contributed by atoms with Crippen LogP contribution in [0, 0.1) is 0 Å². The van der Waals surface area contributed by atoms with Crippen molar-refractivity contribution in [1.29, 1.82) is 0 Å². The molecule has 0 saturated carbocycles. The molecular formula is C20H18N4O2S. The van der Waals surface area contributed by atoms with Gasteiger partial charge in [0.05, 0.1) is 18.4 Å². The predicted octanol–water partition coefficient (Wildman–Crippen LogP) is 3.95. The number of aromatic amines is 1. The quantitative estimate of drug-likeness (QED) is 0.406. The van der Waals surface area contributed by atoms with Gasteiger partial charge in [-0.05, 0) is 18.2 Å². The maximum absolute atomic E-state index is 12.7. The summed E-state index contributed by atoms with van der Waals surface area (Å²) < 4.78 is 7.29. The number of nitrogens with one attached hydrogen (secondary N) is 1. The van der Waals surface area contributed by atoms with E-state index in [1.54, 1.807) is 13.3 Å². The molecule has 0 fully saturated rings. The zero-order valence-corrected chi connectivity index (χ0v) is 15.8. The van der Waals surface area contributed by atoms with E-state index in [0.29, 0.717) is 22.3 Å². The first-order valence-corrected chi connectivity index (χ1v) is 9.42. The van der Waals surface area contributed by atoms with Crippen LogP contribution in [0.2, 0.25) is 0 Å². The van der Waals surface area contributed by atoms with Crippen molar-refractivity contribution >= 4 is 28.4 Å². The zero-order valence-electron chi connectivity index (χ0n) is 15.0. The molecule has 136 valence electrons. The highest BCUT2D eigenvalue weighted by Crippen LogP contribution is 2.30. The molecule has 7 heteroatoms. The van der Waals surface area contributed by atoms with Crippen LogP contribution in [-0.4, -0.2) is 38.4 Å². The molecule has 2 aromatic carbocycles.